The fraction of sp³-hybridized carbons (Fsp3) is 0.440. The van der Waals surface area contributed by atoms with Crippen molar-refractivity contribution in [1.29, 1.82) is 0 Å². The summed E-state index contributed by atoms with van der Waals surface area (Å²) >= 11 is 0. The van der Waals surface area contributed by atoms with Crippen LogP contribution in [0.15, 0.2) is 46.6 Å². The van der Waals surface area contributed by atoms with E-state index in [0.717, 1.165) is 23.7 Å². The molecule has 1 aromatic carbocycles. The molecule has 1 saturated carbocycles. The van der Waals surface area contributed by atoms with Crippen LogP contribution in [0.1, 0.15) is 50.0 Å². The van der Waals surface area contributed by atoms with Gasteiger partial charge in [-0.2, -0.15) is 18.2 Å². The number of nitro groups is 1. The van der Waals surface area contributed by atoms with Gasteiger partial charge in [-0.1, -0.05) is 11.2 Å². The molecule has 0 radical (unpaired) electrons. The van der Waals surface area contributed by atoms with Gasteiger partial charge in [0, 0.05) is 59.2 Å². The van der Waals surface area contributed by atoms with Crippen LogP contribution in [0.5, 0.6) is 0 Å². The van der Waals surface area contributed by atoms with Crippen LogP contribution < -0.4 is 0 Å². The second-order valence-electron chi connectivity index (χ2n) is 9.20. The van der Waals surface area contributed by atoms with Crippen molar-refractivity contribution in [2.45, 2.75) is 63.6 Å². The number of benzene rings is 1. The van der Waals surface area contributed by atoms with E-state index in [-0.39, 0.29) is 17.3 Å². The number of aryl methyl sites for hydroxylation is 1. The maximum absolute atomic E-state index is 13.4. The van der Waals surface area contributed by atoms with E-state index in [2.05, 4.69) is 20.9 Å². The van der Waals surface area contributed by atoms with Crippen molar-refractivity contribution in [1.82, 2.24) is 14.7 Å². The molecule has 9 nitrogen and oxygen atoms in total. The zero-order chi connectivity index (χ0) is 26.3. The summed E-state index contributed by atoms with van der Waals surface area (Å²) < 4.78 is 52.8. The van der Waals surface area contributed by atoms with Gasteiger partial charge in [-0.15, -0.1) is 0 Å². The van der Waals surface area contributed by atoms with Gasteiger partial charge in [0.15, 0.2) is 6.29 Å². The predicted molar refractivity (Wildman–Crippen MR) is 127 cm³/mol. The summed E-state index contributed by atoms with van der Waals surface area (Å²) in [7, 11) is 0. The van der Waals surface area contributed by atoms with E-state index >= 15 is 0 Å². The molecule has 196 valence electrons. The monoisotopic (exact) mass is 518 g/mol. The van der Waals surface area contributed by atoms with E-state index in [4.69, 9.17) is 9.26 Å². The third-order valence-electron chi connectivity index (χ3n) is 6.65. The first kappa shape index (κ1) is 25.2. The number of ether oxygens (including phenoxy) is 1. The first-order valence-electron chi connectivity index (χ1n) is 12.0. The van der Waals surface area contributed by atoms with Crippen LogP contribution in [-0.4, -0.2) is 49.9 Å². The van der Waals surface area contributed by atoms with Crippen LogP contribution in [0, 0.1) is 10.1 Å². The molecule has 2 unspecified atom stereocenters. The number of allylic oxidation sites excluding steroid dienone is 2. The Hall–Kier alpha value is -3.51. The molecule has 1 fully saturated rings. The molecular weight excluding hydrogens is 493 g/mol. The summed E-state index contributed by atoms with van der Waals surface area (Å²) in [6.45, 7) is 2.82. The standard InChI is InChI=1S/C25H25F3N4O5/c1-2-36-22(33)9-10-31-13-18(14-3-4-14)17-11-15(5-7-20(17)31)23-29-24(37-30-23)16-6-8-21(32(34)35)19(12-16)25(26,27)28/h5-7,11-14,21-22,33H,2-4,8-10H2,1H3. The Morgan fingerprint density at radius 2 is 2.14 bits per heavy atom. The minimum atomic E-state index is -4.85. The first-order chi connectivity index (χ1) is 17.7. The molecule has 0 aliphatic heterocycles. The molecule has 0 bridgehead atoms. The molecule has 1 N–H and O–H groups in total. The summed E-state index contributed by atoms with van der Waals surface area (Å²) in [5.41, 5.74) is 1.56. The van der Waals surface area contributed by atoms with E-state index in [1.165, 1.54) is 11.6 Å². The number of aromatic nitrogens is 3. The zero-order valence-electron chi connectivity index (χ0n) is 19.9. The summed E-state index contributed by atoms with van der Waals surface area (Å²) in [6, 6.07) is 3.79. The molecule has 0 spiro atoms. The Kier molecular flexibility index (Phi) is 6.63. The van der Waals surface area contributed by atoms with Crippen LogP contribution in [0.3, 0.4) is 0 Å². The number of alkyl halides is 3. The fourth-order valence-corrected chi connectivity index (χ4v) is 4.66. The van der Waals surface area contributed by atoms with Crippen molar-refractivity contribution in [3.8, 4) is 11.4 Å². The smallest absolute Gasteiger partial charge is 0.368 e. The predicted octanol–water partition coefficient (Wildman–Crippen LogP) is 5.23. The van der Waals surface area contributed by atoms with Gasteiger partial charge in [-0.25, -0.2) is 0 Å². The number of rotatable bonds is 9. The van der Waals surface area contributed by atoms with Crippen molar-refractivity contribution in [2.24, 2.45) is 0 Å². The topological polar surface area (TPSA) is 116 Å². The van der Waals surface area contributed by atoms with E-state index < -0.39 is 35.4 Å². The molecule has 12 heteroatoms. The lowest BCUT2D eigenvalue weighted by Gasteiger charge is -2.18. The van der Waals surface area contributed by atoms with Crippen LogP contribution in [0.25, 0.3) is 27.9 Å². The molecule has 0 saturated heterocycles. The lowest BCUT2D eigenvalue weighted by atomic mass is 9.94. The maximum Gasteiger partial charge on any atom is 0.419 e. The van der Waals surface area contributed by atoms with Gasteiger partial charge in [-0.05, 0) is 55.5 Å². The molecule has 5 rings (SSSR count). The molecule has 0 amide bonds. The zero-order valence-corrected chi connectivity index (χ0v) is 19.9. The van der Waals surface area contributed by atoms with E-state index in [9.17, 15) is 28.4 Å². The van der Waals surface area contributed by atoms with Crippen molar-refractivity contribution in [2.75, 3.05) is 6.61 Å². The van der Waals surface area contributed by atoms with Gasteiger partial charge in [0.1, 0.15) is 5.57 Å². The van der Waals surface area contributed by atoms with Crippen LogP contribution >= 0.6 is 0 Å². The van der Waals surface area contributed by atoms with Gasteiger partial charge in [0.2, 0.25) is 11.9 Å². The highest BCUT2D eigenvalue weighted by Crippen LogP contribution is 2.44. The number of nitrogens with zero attached hydrogens (tertiary/aromatic N) is 4. The minimum absolute atomic E-state index is 0.00271. The van der Waals surface area contributed by atoms with Crippen molar-refractivity contribution < 1.29 is 32.5 Å². The highest BCUT2D eigenvalue weighted by Gasteiger charge is 2.46. The highest BCUT2D eigenvalue weighted by molar-refractivity contribution is 5.88. The summed E-state index contributed by atoms with van der Waals surface area (Å²) in [4.78, 5) is 14.4. The molecule has 3 aromatic rings. The Labute approximate surface area is 209 Å². The minimum Gasteiger partial charge on any atom is -0.368 e. The Bertz CT molecular complexity index is 1390. The Morgan fingerprint density at radius 1 is 1.35 bits per heavy atom. The Morgan fingerprint density at radius 3 is 2.81 bits per heavy atom. The van der Waals surface area contributed by atoms with E-state index in [0.29, 0.717) is 37.1 Å². The molecule has 37 heavy (non-hydrogen) atoms. The number of aliphatic hydroxyl groups is 1. The normalized spacial score (nSPS) is 19.1. The molecule has 2 aliphatic carbocycles. The van der Waals surface area contributed by atoms with E-state index in [1.807, 2.05) is 19.1 Å². The summed E-state index contributed by atoms with van der Waals surface area (Å²) in [5.74, 6) is 0.519. The van der Waals surface area contributed by atoms with Gasteiger partial charge in [0.25, 0.3) is 5.89 Å². The second kappa shape index (κ2) is 9.75. The molecule has 2 heterocycles. The Balaban J connectivity index is 1.44. The number of hydrogen-bond acceptors (Lipinski definition) is 7. The summed E-state index contributed by atoms with van der Waals surface area (Å²) in [5, 5.41) is 26.0. The van der Waals surface area contributed by atoms with Gasteiger partial charge >= 0.3 is 6.18 Å². The molecular formula is C25H25F3N4O5. The van der Waals surface area contributed by atoms with E-state index in [1.54, 1.807) is 6.07 Å². The van der Waals surface area contributed by atoms with Crippen LogP contribution in [0.2, 0.25) is 0 Å². The molecule has 2 atom stereocenters. The lowest BCUT2D eigenvalue weighted by Crippen LogP contribution is -2.32. The van der Waals surface area contributed by atoms with Crippen molar-refractivity contribution in [3.05, 3.63) is 63.7 Å². The average molecular weight is 518 g/mol. The number of halogens is 3. The maximum atomic E-state index is 13.4. The molecule has 2 aromatic heterocycles. The van der Waals surface area contributed by atoms with Crippen molar-refractivity contribution >= 4 is 16.5 Å². The first-order valence-corrected chi connectivity index (χ1v) is 12.0. The van der Waals surface area contributed by atoms with Gasteiger partial charge in [0.05, 0.1) is 0 Å². The van der Waals surface area contributed by atoms with Gasteiger partial charge < -0.3 is 18.9 Å². The average Bonchev–Trinajstić information content (AvgIpc) is 3.46. The SMILES string of the molecule is CCOC(O)CCn1cc(C2CC2)c2cc(-c3noc(C4=CCC([N+](=O)[O-])C(C(F)(F)F)=C4)n3)ccc21. The van der Waals surface area contributed by atoms with Crippen LogP contribution in [0.4, 0.5) is 13.2 Å². The largest absolute Gasteiger partial charge is 0.419 e. The quantitative estimate of drug-likeness (QED) is 0.234. The highest BCUT2D eigenvalue weighted by atomic mass is 19.4. The number of hydrogen-bond donors (Lipinski definition) is 1. The number of aliphatic hydroxyl groups excluding tert-OH is 1. The van der Waals surface area contributed by atoms with Gasteiger partial charge in [-0.3, -0.25) is 10.1 Å². The lowest BCUT2D eigenvalue weighted by molar-refractivity contribution is -0.515. The number of fused-ring (bicyclic) bond motifs is 1. The third-order valence-corrected chi connectivity index (χ3v) is 6.65. The fourth-order valence-electron chi connectivity index (χ4n) is 4.66. The summed E-state index contributed by atoms with van der Waals surface area (Å²) in [6.07, 6.45) is 0.612. The molecule has 2 aliphatic rings. The third kappa shape index (κ3) is 5.16. The van der Waals surface area contributed by atoms with Crippen molar-refractivity contribution in [3.63, 3.8) is 0 Å². The second-order valence-corrected chi connectivity index (χ2v) is 9.20. The van der Waals surface area contributed by atoms with Crippen LogP contribution in [-0.2, 0) is 11.3 Å².